The number of hydrazine groups is 1. The molecular formula is C11H17N5O3. The zero-order chi connectivity index (χ0) is 13.8. The van der Waals surface area contributed by atoms with Gasteiger partial charge >= 0.3 is 5.69 Å². The Balaban J connectivity index is 2.23. The second-order valence-corrected chi connectivity index (χ2v) is 4.56. The van der Waals surface area contributed by atoms with Crippen molar-refractivity contribution in [1.29, 1.82) is 0 Å². The van der Waals surface area contributed by atoms with Crippen molar-refractivity contribution in [2.45, 2.75) is 19.4 Å². The van der Waals surface area contributed by atoms with Crippen molar-refractivity contribution < 1.29 is 9.66 Å². The first-order valence-electron chi connectivity index (χ1n) is 6.08. The van der Waals surface area contributed by atoms with Gasteiger partial charge in [-0.3, -0.25) is 10.1 Å². The molecule has 1 aliphatic rings. The number of nitrogens with one attached hydrogen (secondary N) is 2. The second kappa shape index (κ2) is 5.81. The van der Waals surface area contributed by atoms with Crippen LogP contribution in [0.5, 0.6) is 0 Å². The molecule has 2 rings (SSSR count). The Labute approximate surface area is 110 Å². The molecule has 0 radical (unpaired) electrons. The minimum absolute atomic E-state index is 0.0577. The minimum Gasteiger partial charge on any atom is -0.381 e. The highest BCUT2D eigenvalue weighted by Crippen LogP contribution is 2.27. The van der Waals surface area contributed by atoms with E-state index in [-0.39, 0.29) is 23.5 Å². The van der Waals surface area contributed by atoms with E-state index in [0.29, 0.717) is 19.0 Å². The van der Waals surface area contributed by atoms with Gasteiger partial charge in [-0.05, 0) is 18.4 Å². The lowest BCUT2D eigenvalue weighted by atomic mass is 9.98. The number of nitrogens with two attached hydrogens (primary N) is 1. The topological polar surface area (TPSA) is 115 Å². The van der Waals surface area contributed by atoms with Gasteiger partial charge in [0.15, 0.2) is 0 Å². The smallest absolute Gasteiger partial charge is 0.311 e. The lowest BCUT2D eigenvalue weighted by molar-refractivity contribution is -0.384. The predicted molar refractivity (Wildman–Crippen MR) is 70.7 cm³/mol. The summed E-state index contributed by atoms with van der Waals surface area (Å²) >= 11 is 0. The van der Waals surface area contributed by atoms with Crippen LogP contribution in [0.2, 0.25) is 0 Å². The molecule has 1 saturated heterocycles. The molecule has 1 aromatic heterocycles. The summed E-state index contributed by atoms with van der Waals surface area (Å²) in [6, 6.07) is 2.96. The fourth-order valence-electron chi connectivity index (χ4n) is 2.06. The number of aromatic nitrogens is 1. The Bertz CT molecular complexity index is 468. The fraction of sp³-hybridized carbons (Fsp3) is 0.545. The van der Waals surface area contributed by atoms with Crippen LogP contribution in [-0.4, -0.2) is 29.2 Å². The van der Waals surface area contributed by atoms with Crippen molar-refractivity contribution in [3.8, 4) is 0 Å². The quantitative estimate of drug-likeness (QED) is 0.425. The van der Waals surface area contributed by atoms with Crippen molar-refractivity contribution in [1.82, 2.24) is 4.98 Å². The number of anilines is 2. The normalized spacial score (nSPS) is 22.8. The maximum absolute atomic E-state index is 11.0. The molecule has 2 heterocycles. The average Bonchev–Trinajstić information content (AvgIpc) is 2.41. The standard InChI is InChI=1S/C11H17N5O3/c1-7-6-19-5-4-8(7)13-11-9(16(17)18)2-3-10(14-11)15-12/h2-3,7-8H,4-6,12H2,1H3,(H2,13,14,15). The molecule has 8 heteroatoms. The molecule has 0 saturated carbocycles. The highest BCUT2D eigenvalue weighted by atomic mass is 16.6. The Morgan fingerprint density at radius 1 is 1.58 bits per heavy atom. The van der Waals surface area contributed by atoms with E-state index in [2.05, 4.69) is 15.7 Å². The van der Waals surface area contributed by atoms with Crippen LogP contribution in [0, 0.1) is 16.0 Å². The second-order valence-electron chi connectivity index (χ2n) is 4.56. The van der Waals surface area contributed by atoms with Gasteiger partial charge in [0, 0.05) is 18.7 Å². The molecule has 2 unspecified atom stereocenters. The van der Waals surface area contributed by atoms with Gasteiger partial charge in [-0.2, -0.15) is 0 Å². The summed E-state index contributed by atoms with van der Waals surface area (Å²) in [6.45, 7) is 3.32. The fourth-order valence-corrected chi connectivity index (χ4v) is 2.06. The number of rotatable bonds is 4. The number of hydrogen-bond acceptors (Lipinski definition) is 7. The van der Waals surface area contributed by atoms with E-state index in [1.54, 1.807) is 0 Å². The van der Waals surface area contributed by atoms with Gasteiger partial charge in [0.1, 0.15) is 5.82 Å². The largest absolute Gasteiger partial charge is 0.381 e. The Morgan fingerprint density at radius 2 is 2.37 bits per heavy atom. The molecule has 8 nitrogen and oxygen atoms in total. The van der Waals surface area contributed by atoms with Gasteiger partial charge in [-0.1, -0.05) is 6.92 Å². The SMILES string of the molecule is CC1COCCC1Nc1nc(NN)ccc1[N+](=O)[O-]. The third-order valence-electron chi connectivity index (χ3n) is 3.18. The number of nitrogen functional groups attached to an aromatic ring is 1. The van der Waals surface area contributed by atoms with Crippen LogP contribution < -0.4 is 16.6 Å². The van der Waals surface area contributed by atoms with E-state index in [9.17, 15) is 10.1 Å². The average molecular weight is 267 g/mol. The van der Waals surface area contributed by atoms with Crippen LogP contribution in [0.25, 0.3) is 0 Å². The lowest BCUT2D eigenvalue weighted by Gasteiger charge is -2.29. The first-order chi connectivity index (χ1) is 9.11. The highest BCUT2D eigenvalue weighted by Gasteiger charge is 2.25. The molecule has 1 aliphatic heterocycles. The van der Waals surface area contributed by atoms with Crippen LogP contribution in [0.4, 0.5) is 17.3 Å². The van der Waals surface area contributed by atoms with Gasteiger partial charge in [-0.25, -0.2) is 10.8 Å². The third-order valence-corrected chi connectivity index (χ3v) is 3.18. The van der Waals surface area contributed by atoms with Crippen LogP contribution in [0.15, 0.2) is 12.1 Å². The van der Waals surface area contributed by atoms with Crippen molar-refractivity contribution in [2.75, 3.05) is 24.0 Å². The summed E-state index contributed by atoms with van der Waals surface area (Å²) in [6.07, 6.45) is 0.792. The third kappa shape index (κ3) is 3.09. The molecule has 1 aromatic rings. The summed E-state index contributed by atoms with van der Waals surface area (Å²) in [4.78, 5) is 14.6. The van der Waals surface area contributed by atoms with Crippen molar-refractivity contribution in [3.05, 3.63) is 22.2 Å². The van der Waals surface area contributed by atoms with Crippen LogP contribution in [0.3, 0.4) is 0 Å². The zero-order valence-electron chi connectivity index (χ0n) is 10.6. The first-order valence-corrected chi connectivity index (χ1v) is 6.08. The molecule has 2 atom stereocenters. The molecule has 19 heavy (non-hydrogen) atoms. The zero-order valence-corrected chi connectivity index (χ0v) is 10.6. The summed E-state index contributed by atoms with van der Waals surface area (Å²) < 4.78 is 5.35. The predicted octanol–water partition coefficient (Wildman–Crippen LogP) is 1.11. The number of pyridine rings is 1. The van der Waals surface area contributed by atoms with Crippen molar-refractivity contribution >= 4 is 17.3 Å². The summed E-state index contributed by atoms with van der Waals surface area (Å²) in [5.74, 6) is 6.16. The summed E-state index contributed by atoms with van der Waals surface area (Å²) in [5, 5.41) is 14.1. The van der Waals surface area contributed by atoms with E-state index in [1.807, 2.05) is 6.92 Å². The van der Waals surface area contributed by atoms with E-state index in [0.717, 1.165) is 6.42 Å². The molecule has 0 spiro atoms. The lowest BCUT2D eigenvalue weighted by Crippen LogP contribution is -2.36. The van der Waals surface area contributed by atoms with Crippen LogP contribution >= 0.6 is 0 Å². The maximum atomic E-state index is 11.0. The van der Waals surface area contributed by atoms with Crippen molar-refractivity contribution in [3.63, 3.8) is 0 Å². The number of hydrogen-bond donors (Lipinski definition) is 3. The van der Waals surface area contributed by atoms with Gasteiger partial charge < -0.3 is 15.5 Å². The maximum Gasteiger partial charge on any atom is 0.311 e. The van der Waals surface area contributed by atoms with Crippen LogP contribution in [0.1, 0.15) is 13.3 Å². The number of nitro groups is 1. The van der Waals surface area contributed by atoms with Crippen molar-refractivity contribution in [2.24, 2.45) is 11.8 Å². The van der Waals surface area contributed by atoms with Gasteiger partial charge in [-0.15, -0.1) is 0 Å². The molecule has 0 aromatic carbocycles. The Hall–Kier alpha value is -1.93. The summed E-state index contributed by atoms with van der Waals surface area (Å²) in [5.41, 5.74) is 2.33. The first kappa shape index (κ1) is 13.5. The highest BCUT2D eigenvalue weighted by molar-refractivity contribution is 5.60. The Kier molecular flexibility index (Phi) is 4.13. The molecule has 0 amide bonds. The van der Waals surface area contributed by atoms with E-state index >= 15 is 0 Å². The molecule has 4 N–H and O–H groups in total. The number of ether oxygens (including phenoxy) is 1. The van der Waals surface area contributed by atoms with Gasteiger partial charge in [0.05, 0.1) is 11.5 Å². The monoisotopic (exact) mass is 267 g/mol. The number of nitrogens with zero attached hydrogens (tertiary/aromatic N) is 2. The minimum atomic E-state index is -0.459. The van der Waals surface area contributed by atoms with Crippen LogP contribution in [-0.2, 0) is 4.74 Å². The Morgan fingerprint density at radius 3 is 3.00 bits per heavy atom. The molecule has 1 fully saturated rings. The van der Waals surface area contributed by atoms with E-state index in [4.69, 9.17) is 10.6 Å². The van der Waals surface area contributed by atoms with E-state index < -0.39 is 4.92 Å². The molecule has 0 aliphatic carbocycles. The molecular weight excluding hydrogens is 250 g/mol. The van der Waals surface area contributed by atoms with E-state index in [1.165, 1.54) is 12.1 Å². The summed E-state index contributed by atoms with van der Waals surface area (Å²) in [7, 11) is 0. The van der Waals surface area contributed by atoms with Gasteiger partial charge in [0.2, 0.25) is 5.82 Å². The van der Waals surface area contributed by atoms with Gasteiger partial charge in [0.25, 0.3) is 0 Å². The molecule has 0 bridgehead atoms. The molecule has 104 valence electrons.